The molecule has 2 N–H and O–H groups in total. The number of amides is 2. The van der Waals surface area contributed by atoms with Gasteiger partial charge in [0.1, 0.15) is 11.6 Å². The Morgan fingerprint density at radius 2 is 2.04 bits per heavy atom. The molecule has 0 aliphatic carbocycles. The number of para-hydroxylation sites is 2. The molecule has 2 aromatic rings. The van der Waals surface area contributed by atoms with E-state index in [1.165, 1.54) is 13.1 Å². The number of hydrogen-bond acceptors (Lipinski definition) is 4. The Labute approximate surface area is 150 Å². The molecule has 1 aliphatic rings. The van der Waals surface area contributed by atoms with Crippen LogP contribution in [0.2, 0.25) is 0 Å². The smallest absolute Gasteiger partial charge is 0.262 e. The zero-order valence-electron chi connectivity index (χ0n) is 14.6. The van der Waals surface area contributed by atoms with Crippen LogP contribution in [0.25, 0.3) is 0 Å². The lowest BCUT2D eigenvalue weighted by Crippen LogP contribution is -2.50. The fraction of sp³-hybridized carbons (Fsp3) is 0.263. The van der Waals surface area contributed by atoms with Crippen molar-refractivity contribution in [2.45, 2.75) is 13.0 Å². The van der Waals surface area contributed by atoms with E-state index in [4.69, 9.17) is 4.74 Å². The van der Waals surface area contributed by atoms with E-state index in [0.717, 1.165) is 5.69 Å². The van der Waals surface area contributed by atoms with Gasteiger partial charge in [-0.3, -0.25) is 9.59 Å². The zero-order chi connectivity index (χ0) is 18.7. The SMILES string of the molecule is CNC(=O)[C@H]1CN(CC(=O)Nc2ccc(C)c(F)c2)c2ccccc2O1. The van der Waals surface area contributed by atoms with Gasteiger partial charge in [-0.05, 0) is 36.8 Å². The first kappa shape index (κ1) is 17.7. The number of anilines is 2. The summed E-state index contributed by atoms with van der Waals surface area (Å²) in [5.41, 5.74) is 1.64. The van der Waals surface area contributed by atoms with Gasteiger partial charge in [-0.1, -0.05) is 18.2 Å². The van der Waals surface area contributed by atoms with Crippen LogP contribution in [0.3, 0.4) is 0 Å². The Balaban J connectivity index is 1.75. The van der Waals surface area contributed by atoms with Gasteiger partial charge in [0.25, 0.3) is 5.91 Å². The Kier molecular flexibility index (Phi) is 5.06. The Bertz CT molecular complexity index is 841. The van der Waals surface area contributed by atoms with Crippen LogP contribution < -0.4 is 20.3 Å². The molecular formula is C19H20FN3O3. The number of likely N-dealkylation sites (N-methyl/N-ethyl adjacent to an activating group) is 1. The van der Waals surface area contributed by atoms with E-state index in [2.05, 4.69) is 10.6 Å². The highest BCUT2D eigenvalue weighted by Crippen LogP contribution is 2.33. The molecule has 0 fully saturated rings. The number of hydrogen-bond donors (Lipinski definition) is 2. The molecule has 0 bridgehead atoms. The third kappa shape index (κ3) is 3.77. The van der Waals surface area contributed by atoms with Gasteiger partial charge in [0, 0.05) is 12.7 Å². The summed E-state index contributed by atoms with van der Waals surface area (Å²) in [6.07, 6.45) is -0.709. The first-order valence-electron chi connectivity index (χ1n) is 8.26. The number of ether oxygens (including phenoxy) is 1. The summed E-state index contributed by atoms with van der Waals surface area (Å²) >= 11 is 0. The maximum Gasteiger partial charge on any atom is 0.262 e. The largest absolute Gasteiger partial charge is 0.477 e. The lowest BCUT2D eigenvalue weighted by Gasteiger charge is -2.34. The van der Waals surface area contributed by atoms with Gasteiger partial charge in [0.15, 0.2) is 6.10 Å². The molecule has 1 atom stereocenters. The van der Waals surface area contributed by atoms with Crippen LogP contribution in [0.4, 0.5) is 15.8 Å². The fourth-order valence-electron chi connectivity index (χ4n) is 2.80. The number of carbonyl (C=O) groups excluding carboxylic acids is 2. The topological polar surface area (TPSA) is 70.7 Å². The minimum atomic E-state index is -0.709. The van der Waals surface area contributed by atoms with E-state index in [9.17, 15) is 14.0 Å². The first-order chi connectivity index (χ1) is 12.5. The standard InChI is InChI=1S/C19H20FN3O3/c1-12-7-8-13(9-14(12)20)22-18(24)11-23-10-17(19(25)21-2)26-16-6-4-3-5-15(16)23/h3-9,17H,10-11H2,1-2H3,(H,21,25)(H,22,24)/t17-/m1/s1. The molecule has 7 heteroatoms. The number of nitrogens with one attached hydrogen (secondary N) is 2. The summed E-state index contributed by atoms with van der Waals surface area (Å²) in [7, 11) is 1.54. The lowest BCUT2D eigenvalue weighted by molar-refractivity contribution is -0.127. The molecular weight excluding hydrogens is 337 g/mol. The van der Waals surface area contributed by atoms with Crippen molar-refractivity contribution in [3.8, 4) is 5.75 Å². The second kappa shape index (κ2) is 7.43. The fourth-order valence-corrected chi connectivity index (χ4v) is 2.80. The Morgan fingerprint density at radius 3 is 2.77 bits per heavy atom. The summed E-state index contributed by atoms with van der Waals surface area (Å²) < 4.78 is 19.4. The van der Waals surface area contributed by atoms with Gasteiger partial charge in [-0.15, -0.1) is 0 Å². The predicted octanol–water partition coefficient (Wildman–Crippen LogP) is 2.09. The molecule has 1 aliphatic heterocycles. The van der Waals surface area contributed by atoms with E-state index in [-0.39, 0.29) is 30.7 Å². The van der Waals surface area contributed by atoms with Crippen LogP contribution in [0, 0.1) is 12.7 Å². The van der Waals surface area contributed by atoms with Crippen molar-refractivity contribution in [1.29, 1.82) is 0 Å². The molecule has 0 radical (unpaired) electrons. The molecule has 2 amide bonds. The summed E-state index contributed by atoms with van der Waals surface area (Å²) in [4.78, 5) is 26.2. The Hall–Kier alpha value is -3.09. The van der Waals surface area contributed by atoms with Crippen LogP contribution in [0.1, 0.15) is 5.56 Å². The molecule has 6 nitrogen and oxygen atoms in total. The van der Waals surface area contributed by atoms with Crippen molar-refractivity contribution in [2.24, 2.45) is 0 Å². The Morgan fingerprint density at radius 1 is 1.27 bits per heavy atom. The summed E-state index contributed by atoms with van der Waals surface area (Å²) in [5.74, 6) is -0.396. The van der Waals surface area contributed by atoms with Gasteiger partial charge < -0.3 is 20.3 Å². The second-order valence-corrected chi connectivity index (χ2v) is 6.08. The van der Waals surface area contributed by atoms with E-state index < -0.39 is 6.10 Å². The van der Waals surface area contributed by atoms with Crippen LogP contribution in [0.5, 0.6) is 5.75 Å². The molecule has 0 spiro atoms. The van der Waals surface area contributed by atoms with E-state index in [0.29, 0.717) is 17.0 Å². The molecule has 0 unspecified atom stereocenters. The lowest BCUT2D eigenvalue weighted by atomic mass is 10.1. The van der Waals surface area contributed by atoms with E-state index >= 15 is 0 Å². The van der Waals surface area contributed by atoms with Gasteiger partial charge in [0.05, 0.1) is 18.8 Å². The number of nitrogens with zero attached hydrogens (tertiary/aromatic N) is 1. The highest BCUT2D eigenvalue weighted by Gasteiger charge is 2.30. The second-order valence-electron chi connectivity index (χ2n) is 6.08. The van der Waals surface area contributed by atoms with E-state index in [1.807, 2.05) is 12.1 Å². The van der Waals surface area contributed by atoms with Gasteiger partial charge in [-0.25, -0.2) is 4.39 Å². The maximum absolute atomic E-state index is 13.6. The van der Waals surface area contributed by atoms with Crippen molar-refractivity contribution < 1.29 is 18.7 Å². The molecule has 2 aromatic carbocycles. The number of benzene rings is 2. The summed E-state index contributed by atoms with van der Waals surface area (Å²) in [6.45, 7) is 1.92. The average Bonchev–Trinajstić information content (AvgIpc) is 2.64. The van der Waals surface area contributed by atoms with Crippen LogP contribution in [-0.4, -0.2) is 38.1 Å². The molecule has 0 saturated heterocycles. The number of carbonyl (C=O) groups is 2. The summed E-state index contributed by atoms with van der Waals surface area (Å²) in [5, 5.41) is 5.24. The van der Waals surface area contributed by atoms with E-state index in [1.54, 1.807) is 36.1 Å². The number of halogens is 1. The quantitative estimate of drug-likeness (QED) is 0.879. The van der Waals surface area contributed by atoms with Gasteiger partial charge >= 0.3 is 0 Å². The molecule has 1 heterocycles. The molecule has 136 valence electrons. The van der Waals surface area contributed by atoms with Crippen LogP contribution in [0.15, 0.2) is 42.5 Å². The monoisotopic (exact) mass is 357 g/mol. The van der Waals surface area contributed by atoms with Crippen molar-refractivity contribution in [1.82, 2.24) is 5.32 Å². The van der Waals surface area contributed by atoms with Crippen LogP contribution in [-0.2, 0) is 9.59 Å². The predicted molar refractivity (Wildman–Crippen MR) is 96.9 cm³/mol. The van der Waals surface area contributed by atoms with Crippen molar-refractivity contribution in [2.75, 3.05) is 30.4 Å². The number of aryl methyl sites for hydroxylation is 1. The minimum absolute atomic E-state index is 0.0172. The van der Waals surface area contributed by atoms with Crippen molar-refractivity contribution in [3.05, 3.63) is 53.8 Å². The first-order valence-corrected chi connectivity index (χ1v) is 8.26. The van der Waals surface area contributed by atoms with Gasteiger partial charge in [0.2, 0.25) is 5.91 Å². The number of fused-ring (bicyclic) bond motifs is 1. The highest BCUT2D eigenvalue weighted by molar-refractivity contribution is 5.95. The summed E-state index contributed by atoms with van der Waals surface area (Å²) in [6, 6.07) is 11.8. The molecule has 0 aromatic heterocycles. The molecule has 0 saturated carbocycles. The molecule has 3 rings (SSSR count). The van der Waals surface area contributed by atoms with Gasteiger partial charge in [-0.2, -0.15) is 0 Å². The van der Waals surface area contributed by atoms with Crippen LogP contribution >= 0.6 is 0 Å². The normalized spacial score (nSPS) is 15.7. The zero-order valence-corrected chi connectivity index (χ0v) is 14.6. The molecule has 26 heavy (non-hydrogen) atoms. The number of rotatable bonds is 4. The third-order valence-corrected chi connectivity index (χ3v) is 4.19. The third-order valence-electron chi connectivity index (χ3n) is 4.19. The minimum Gasteiger partial charge on any atom is -0.477 e. The highest BCUT2D eigenvalue weighted by atomic mass is 19.1. The van der Waals surface area contributed by atoms with Crippen molar-refractivity contribution >= 4 is 23.2 Å². The van der Waals surface area contributed by atoms with Crippen molar-refractivity contribution in [3.63, 3.8) is 0 Å². The average molecular weight is 357 g/mol. The maximum atomic E-state index is 13.6.